The summed E-state index contributed by atoms with van der Waals surface area (Å²) >= 11 is 12.6. The zero-order chi connectivity index (χ0) is 25.0. The van der Waals surface area contributed by atoms with Crippen LogP contribution in [0.4, 0.5) is 22.0 Å². The number of carbonyl (C=O) groups is 1. The number of ether oxygens (including phenoxy) is 1. The van der Waals surface area contributed by atoms with Crippen LogP contribution in [0.2, 0.25) is 10.0 Å². The van der Waals surface area contributed by atoms with Crippen LogP contribution in [0.3, 0.4) is 0 Å². The second kappa shape index (κ2) is 9.00. The number of nitrogens with one attached hydrogen (secondary N) is 2. The molecular weight excluding hydrogens is 508 g/mol. The van der Waals surface area contributed by atoms with E-state index >= 15 is 0 Å². The molecule has 3 aromatic rings. The minimum absolute atomic E-state index is 0.0212. The van der Waals surface area contributed by atoms with Crippen molar-refractivity contribution in [2.45, 2.75) is 50.6 Å². The van der Waals surface area contributed by atoms with E-state index in [4.69, 9.17) is 43.6 Å². The van der Waals surface area contributed by atoms with Crippen molar-refractivity contribution in [2.24, 2.45) is 17.1 Å². The van der Waals surface area contributed by atoms with Crippen LogP contribution in [-0.2, 0) is 9.53 Å². The van der Waals surface area contributed by atoms with Gasteiger partial charge in [0.05, 0.1) is 35.1 Å². The molecule has 0 unspecified atom stereocenters. The van der Waals surface area contributed by atoms with Gasteiger partial charge in [-0.2, -0.15) is 4.98 Å². The average Bonchev–Trinajstić information content (AvgIpc) is 3.14. The number of amides is 1. The molecule has 2 aromatic heterocycles. The Bertz CT molecular complexity index is 1310. The molecule has 9 nitrogen and oxygen atoms in total. The Morgan fingerprint density at radius 3 is 2.44 bits per heavy atom. The minimum atomic E-state index is -0.526. The lowest BCUT2D eigenvalue weighted by Gasteiger charge is -2.53. The molecule has 3 heterocycles. The van der Waals surface area contributed by atoms with Crippen LogP contribution in [0.1, 0.15) is 44.6 Å². The third-order valence-electron chi connectivity index (χ3n) is 7.65. The van der Waals surface area contributed by atoms with Gasteiger partial charge in [0.1, 0.15) is 11.3 Å². The molecule has 36 heavy (non-hydrogen) atoms. The van der Waals surface area contributed by atoms with Crippen molar-refractivity contribution in [1.29, 1.82) is 0 Å². The summed E-state index contributed by atoms with van der Waals surface area (Å²) < 4.78 is 21.1. The standard InChI is InChI=1S/C24H26Cl2FN7O2/c25-16-5-13(27)6-17(26)19(16)32-23-31-18-9-29-22(30-14-7-24(8-14)10-36-11-24)33-21(18)34(23)15-3-1-12(2-4-15)20(28)35/h5-6,9,12,14-15H,1-4,7-8,10-11H2,(H2,28,35)(H,31,32)(H,29,30,33)/t12-,15-. The van der Waals surface area contributed by atoms with E-state index in [-0.39, 0.29) is 27.9 Å². The van der Waals surface area contributed by atoms with Crippen LogP contribution < -0.4 is 16.4 Å². The molecule has 2 aliphatic carbocycles. The van der Waals surface area contributed by atoms with Gasteiger partial charge in [0.15, 0.2) is 5.65 Å². The summed E-state index contributed by atoms with van der Waals surface area (Å²) in [6.07, 6.45) is 6.60. The molecule has 190 valence electrons. The Labute approximate surface area is 216 Å². The fourth-order valence-electron chi connectivity index (χ4n) is 5.68. The van der Waals surface area contributed by atoms with Crippen molar-refractivity contribution in [2.75, 3.05) is 23.8 Å². The maximum Gasteiger partial charge on any atom is 0.224 e. The molecule has 0 radical (unpaired) electrons. The zero-order valence-corrected chi connectivity index (χ0v) is 20.9. The predicted octanol–water partition coefficient (Wildman–Crippen LogP) is 4.82. The van der Waals surface area contributed by atoms with Gasteiger partial charge in [0, 0.05) is 23.4 Å². The molecule has 4 N–H and O–H groups in total. The highest BCUT2D eigenvalue weighted by molar-refractivity contribution is 6.39. The molecule has 1 saturated heterocycles. The molecule has 2 saturated carbocycles. The number of primary amides is 1. The Morgan fingerprint density at radius 2 is 1.83 bits per heavy atom. The molecule has 1 spiro atoms. The van der Waals surface area contributed by atoms with E-state index in [1.807, 2.05) is 4.57 Å². The van der Waals surface area contributed by atoms with Crippen molar-refractivity contribution in [3.63, 3.8) is 0 Å². The quantitative estimate of drug-likeness (QED) is 0.415. The topological polar surface area (TPSA) is 120 Å². The minimum Gasteiger partial charge on any atom is -0.380 e. The molecule has 6 rings (SSSR count). The summed E-state index contributed by atoms with van der Waals surface area (Å²) in [7, 11) is 0. The predicted molar refractivity (Wildman–Crippen MR) is 135 cm³/mol. The number of nitrogens with zero attached hydrogens (tertiary/aromatic N) is 4. The molecule has 1 aliphatic heterocycles. The van der Waals surface area contributed by atoms with Crippen LogP contribution in [-0.4, -0.2) is 44.7 Å². The second-order valence-corrected chi connectivity index (χ2v) is 11.0. The van der Waals surface area contributed by atoms with E-state index in [2.05, 4.69) is 15.6 Å². The van der Waals surface area contributed by atoms with Crippen LogP contribution in [0.25, 0.3) is 11.2 Å². The Balaban J connectivity index is 1.33. The second-order valence-electron chi connectivity index (χ2n) is 10.2. The SMILES string of the molecule is NC(=O)[C@H]1CC[C@H](n2c(Nc3c(Cl)cc(F)cc3Cl)nc3cnc(NC4CC5(COC5)C4)nc32)CC1. The van der Waals surface area contributed by atoms with Gasteiger partial charge in [-0.25, -0.2) is 14.4 Å². The van der Waals surface area contributed by atoms with E-state index in [9.17, 15) is 9.18 Å². The highest BCUT2D eigenvalue weighted by atomic mass is 35.5. The van der Waals surface area contributed by atoms with Gasteiger partial charge in [-0.1, -0.05) is 23.2 Å². The number of rotatable bonds is 6. The highest BCUT2D eigenvalue weighted by Crippen LogP contribution is 2.48. The van der Waals surface area contributed by atoms with E-state index in [0.29, 0.717) is 53.0 Å². The molecule has 1 aromatic carbocycles. The fourth-order valence-corrected chi connectivity index (χ4v) is 6.24. The number of imidazole rings is 1. The monoisotopic (exact) mass is 533 g/mol. The number of aromatic nitrogens is 4. The highest BCUT2D eigenvalue weighted by Gasteiger charge is 2.50. The Hall–Kier alpha value is -2.69. The van der Waals surface area contributed by atoms with E-state index in [1.54, 1.807) is 6.20 Å². The van der Waals surface area contributed by atoms with E-state index < -0.39 is 5.82 Å². The normalized spacial score (nSPS) is 23.3. The van der Waals surface area contributed by atoms with Gasteiger partial charge in [0.2, 0.25) is 17.8 Å². The largest absolute Gasteiger partial charge is 0.380 e. The maximum atomic E-state index is 13.8. The van der Waals surface area contributed by atoms with E-state index in [1.165, 1.54) is 12.1 Å². The number of carbonyl (C=O) groups excluding carboxylic acids is 1. The maximum absolute atomic E-state index is 13.8. The molecule has 12 heteroatoms. The van der Waals surface area contributed by atoms with Crippen LogP contribution in [0, 0.1) is 17.2 Å². The first-order valence-corrected chi connectivity index (χ1v) is 12.9. The van der Waals surface area contributed by atoms with Gasteiger partial charge in [-0.15, -0.1) is 0 Å². The average molecular weight is 534 g/mol. The van der Waals surface area contributed by atoms with Gasteiger partial charge >= 0.3 is 0 Å². The van der Waals surface area contributed by atoms with Crippen molar-refractivity contribution in [3.05, 3.63) is 34.2 Å². The first kappa shape index (κ1) is 23.7. The van der Waals surface area contributed by atoms with Crippen molar-refractivity contribution in [1.82, 2.24) is 19.5 Å². The van der Waals surface area contributed by atoms with Crippen molar-refractivity contribution >= 4 is 57.9 Å². The van der Waals surface area contributed by atoms with Gasteiger partial charge < -0.3 is 21.1 Å². The zero-order valence-electron chi connectivity index (χ0n) is 19.4. The Morgan fingerprint density at radius 1 is 1.14 bits per heavy atom. The van der Waals surface area contributed by atoms with Gasteiger partial charge in [-0.05, 0) is 50.7 Å². The smallest absolute Gasteiger partial charge is 0.224 e. The lowest BCUT2D eigenvalue weighted by atomic mass is 9.64. The summed E-state index contributed by atoms with van der Waals surface area (Å²) in [4.78, 5) is 25.8. The molecule has 1 amide bonds. The number of nitrogens with two attached hydrogens (primary N) is 1. The van der Waals surface area contributed by atoms with Crippen LogP contribution in [0.15, 0.2) is 18.3 Å². The van der Waals surface area contributed by atoms with Crippen molar-refractivity contribution < 1.29 is 13.9 Å². The number of hydrogen-bond donors (Lipinski definition) is 3. The number of hydrogen-bond acceptors (Lipinski definition) is 7. The summed E-state index contributed by atoms with van der Waals surface area (Å²) in [6, 6.07) is 2.72. The summed E-state index contributed by atoms with van der Waals surface area (Å²) in [5, 5.41) is 6.92. The third-order valence-corrected chi connectivity index (χ3v) is 8.25. The number of halogens is 3. The van der Waals surface area contributed by atoms with Crippen molar-refractivity contribution in [3.8, 4) is 0 Å². The van der Waals surface area contributed by atoms with Crippen LogP contribution in [0.5, 0.6) is 0 Å². The number of fused-ring (bicyclic) bond motifs is 1. The first-order chi connectivity index (χ1) is 17.3. The number of benzene rings is 1. The van der Waals surface area contributed by atoms with Gasteiger partial charge in [-0.3, -0.25) is 9.36 Å². The van der Waals surface area contributed by atoms with Crippen LogP contribution >= 0.6 is 23.2 Å². The lowest BCUT2D eigenvalue weighted by molar-refractivity contribution is -0.160. The molecule has 0 bridgehead atoms. The molecule has 0 atom stereocenters. The summed E-state index contributed by atoms with van der Waals surface area (Å²) in [5.74, 6) is 0.0852. The summed E-state index contributed by atoms with van der Waals surface area (Å²) in [6.45, 7) is 1.66. The molecule has 3 fully saturated rings. The Kier molecular flexibility index (Phi) is 5.93. The molecule has 3 aliphatic rings. The fraction of sp³-hybridized carbons (Fsp3) is 0.500. The summed E-state index contributed by atoms with van der Waals surface area (Å²) in [5.41, 5.74) is 7.50. The van der Waals surface area contributed by atoms with E-state index in [0.717, 1.165) is 38.9 Å². The third kappa shape index (κ3) is 4.25. The molecular formula is C24H26Cl2FN7O2. The van der Waals surface area contributed by atoms with Gasteiger partial charge in [0.25, 0.3) is 0 Å². The lowest BCUT2D eigenvalue weighted by Crippen LogP contribution is -2.56. The first-order valence-electron chi connectivity index (χ1n) is 12.1. The number of anilines is 3.